The van der Waals surface area contributed by atoms with Gasteiger partial charge in [-0.15, -0.1) is 0 Å². The van der Waals surface area contributed by atoms with Crippen LogP contribution in [0.3, 0.4) is 0 Å². The fraction of sp³-hybridized carbons (Fsp3) is 0.200. The summed E-state index contributed by atoms with van der Waals surface area (Å²) in [4.78, 5) is 24.6. The van der Waals surface area contributed by atoms with Crippen molar-refractivity contribution in [3.8, 4) is 11.5 Å². The molecule has 2 aromatic heterocycles. The Bertz CT molecular complexity index is 888. The van der Waals surface area contributed by atoms with E-state index < -0.39 is 0 Å². The lowest BCUT2D eigenvalue weighted by Gasteiger charge is -2.09. The molecule has 0 saturated carbocycles. The Morgan fingerprint density at radius 2 is 1.86 bits per heavy atom. The summed E-state index contributed by atoms with van der Waals surface area (Å²) in [7, 11) is 1.61. The van der Waals surface area contributed by atoms with Gasteiger partial charge in [-0.1, -0.05) is 6.07 Å². The Morgan fingerprint density at radius 3 is 2.61 bits per heavy atom. The monoisotopic (exact) mass is 379 g/mol. The second-order valence-electron chi connectivity index (χ2n) is 5.74. The minimum absolute atomic E-state index is 0.281. The topological polar surface area (TPSA) is 98.3 Å². The number of nitrogens with one attached hydrogen (secondary N) is 2. The van der Waals surface area contributed by atoms with Crippen molar-refractivity contribution in [2.45, 2.75) is 6.54 Å². The molecule has 8 heteroatoms. The van der Waals surface area contributed by atoms with Gasteiger partial charge in [-0.25, -0.2) is 9.97 Å². The molecule has 2 N–H and O–H groups in total. The zero-order valence-electron chi connectivity index (χ0n) is 15.5. The molecule has 1 amide bonds. The van der Waals surface area contributed by atoms with Crippen LogP contribution in [0.5, 0.6) is 11.5 Å². The number of ether oxygens (including phenoxy) is 2. The third kappa shape index (κ3) is 5.66. The number of amides is 1. The first-order chi connectivity index (χ1) is 13.7. The largest absolute Gasteiger partial charge is 0.497 e. The van der Waals surface area contributed by atoms with Gasteiger partial charge in [0.15, 0.2) is 0 Å². The van der Waals surface area contributed by atoms with Crippen molar-refractivity contribution in [2.24, 2.45) is 0 Å². The van der Waals surface area contributed by atoms with E-state index in [1.807, 2.05) is 42.5 Å². The smallest absolute Gasteiger partial charge is 0.270 e. The van der Waals surface area contributed by atoms with Crippen molar-refractivity contribution in [3.63, 3.8) is 0 Å². The number of rotatable bonds is 9. The molecule has 0 radical (unpaired) electrons. The summed E-state index contributed by atoms with van der Waals surface area (Å²) in [6.45, 7) is 1.20. The van der Waals surface area contributed by atoms with Crippen molar-refractivity contribution < 1.29 is 14.3 Å². The van der Waals surface area contributed by atoms with E-state index >= 15 is 0 Å². The van der Waals surface area contributed by atoms with E-state index in [0.29, 0.717) is 31.3 Å². The van der Waals surface area contributed by atoms with Crippen molar-refractivity contribution in [3.05, 3.63) is 72.4 Å². The van der Waals surface area contributed by atoms with E-state index in [2.05, 4.69) is 25.6 Å². The van der Waals surface area contributed by atoms with Gasteiger partial charge in [0, 0.05) is 12.3 Å². The van der Waals surface area contributed by atoms with Crippen LogP contribution in [-0.2, 0) is 6.54 Å². The number of carbonyl (C=O) groups excluding carboxylic acids is 1. The van der Waals surface area contributed by atoms with Crippen LogP contribution >= 0.6 is 0 Å². The van der Waals surface area contributed by atoms with Crippen LogP contribution in [0.1, 0.15) is 16.2 Å². The Kier molecular flexibility index (Phi) is 6.73. The number of aromatic nitrogens is 3. The predicted molar refractivity (Wildman–Crippen MR) is 104 cm³/mol. The highest BCUT2D eigenvalue weighted by atomic mass is 16.5. The van der Waals surface area contributed by atoms with Crippen LogP contribution < -0.4 is 20.1 Å². The Labute approximate surface area is 163 Å². The summed E-state index contributed by atoms with van der Waals surface area (Å²) in [6, 6.07) is 14.5. The maximum atomic E-state index is 12.3. The molecule has 2 heterocycles. The second-order valence-corrected chi connectivity index (χ2v) is 5.74. The number of methoxy groups -OCH3 is 1. The van der Waals surface area contributed by atoms with Gasteiger partial charge in [-0.2, -0.15) is 0 Å². The fourth-order valence-corrected chi connectivity index (χ4v) is 2.36. The van der Waals surface area contributed by atoms with Crippen LogP contribution in [0.4, 0.5) is 5.82 Å². The third-order valence-corrected chi connectivity index (χ3v) is 3.79. The minimum Gasteiger partial charge on any atom is -0.497 e. The highest BCUT2D eigenvalue weighted by molar-refractivity contribution is 5.92. The first-order valence-corrected chi connectivity index (χ1v) is 8.75. The van der Waals surface area contributed by atoms with Gasteiger partial charge >= 0.3 is 0 Å². The second kappa shape index (κ2) is 9.86. The normalized spacial score (nSPS) is 10.2. The zero-order chi connectivity index (χ0) is 19.6. The number of benzene rings is 1. The molecule has 8 nitrogen and oxygen atoms in total. The summed E-state index contributed by atoms with van der Waals surface area (Å²) >= 11 is 0. The molecule has 0 aliphatic carbocycles. The molecule has 1 aromatic carbocycles. The van der Waals surface area contributed by atoms with Crippen LogP contribution in [0.15, 0.2) is 61.1 Å². The number of nitrogens with zero attached hydrogens (tertiary/aromatic N) is 3. The van der Waals surface area contributed by atoms with E-state index in [0.717, 1.165) is 11.4 Å². The van der Waals surface area contributed by atoms with E-state index in [1.54, 1.807) is 19.4 Å². The Balaban J connectivity index is 1.44. The molecule has 0 bridgehead atoms. The van der Waals surface area contributed by atoms with Gasteiger partial charge in [0.05, 0.1) is 25.9 Å². The van der Waals surface area contributed by atoms with Gasteiger partial charge in [0.2, 0.25) is 0 Å². The number of anilines is 1. The van der Waals surface area contributed by atoms with Gasteiger partial charge in [0.25, 0.3) is 5.91 Å². The molecular formula is C20H21N5O3. The average Bonchev–Trinajstić information content (AvgIpc) is 2.76. The number of hydrogen-bond acceptors (Lipinski definition) is 7. The summed E-state index contributed by atoms with van der Waals surface area (Å²) < 4.78 is 10.7. The van der Waals surface area contributed by atoms with Crippen LogP contribution in [-0.4, -0.2) is 41.1 Å². The zero-order valence-corrected chi connectivity index (χ0v) is 15.5. The number of carbonyl (C=O) groups is 1. The number of pyridine rings is 1. The van der Waals surface area contributed by atoms with Crippen molar-refractivity contribution in [2.75, 3.05) is 25.6 Å². The standard InChI is InChI=1S/C20H21N5O3/c1-27-16-5-7-17(8-6-16)28-11-10-22-20(26)18-12-19(25-14-24-18)23-13-15-4-2-3-9-21-15/h2-9,12,14H,10-11,13H2,1H3,(H,22,26)(H,23,24,25). The molecule has 0 unspecified atom stereocenters. The van der Waals surface area contributed by atoms with Crippen LogP contribution in [0.2, 0.25) is 0 Å². The van der Waals surface area contributed by atoms with Crippen molar-refractivity contribution in [1.82, 2.24) is 20.3 Å². The molecule has 0 aliphatic heterocycles. The van der Waals surface area contributed by atoms with E-state index in [4.69, 9.17) is 9.47 Å². The molecule has 144 valence electrons. The molecule has 0 fully saturated rings. The quantitative estimate of drug-likeness (QED) is 0.551. The van der Waals surface area contributed by atoms with E-state index in [1.165, 1.54) is 6.33 Å². The lowest BCUT2D eigenvalue weighted by molar-refractivity contribution is 0.0942. The van der Waals surface area contributed by atoms with E-state index in [9.17, 15) is 4.79 Å². The lowest BCUT2D eigenvalue weighted by Crippen LogP contribution is -2.29. The maximum absolute atomic E-state index is 12.3. The highest BCUT2D eigenvalue weighted by Crippen LogP contribution is 2.16. The minimum atomic E-state index is -0.290. The fourth-order valence-electron chi connectivity index (χ4n) is 2.36. The van der Waals surface area contributed by atoms with Gasteiger partial charge in [-0.3, -0.25) is 9.78 Å². The maximum Gasteiger partial charge on any atom is 0.270 e. The Morgan fingerprint density at radius 1 is 1.04 bits per heavy atom. The number of hydrogen-bond donors (Lipinski definition) is 2. The molecule has 3 rings (SSSR count). The summed E-state index contributed by atoms with van der Waals surface area (Å²) in [5.74, 6) is 1.73. The third-order valence-electron chi connectivity index (χ3n) is 3.79. The SMILES string of the molecule is COc1ccc(OCCNC(=O)c2cc(NCc3ccccn3)ncn2)cc1. The molecular weight excluding hydrogens is 358 g/mol. The van der Waals surface area contributed by atoms with Crippen LogP contribution in [0.25, 0.3) is 0 Å². The van der Waals surface area contributed by atoms with Gasteiger partial charge in [0.1, 0.15) is 35.9 Å². The Hall–Kier alpha value is -3.68. The first-order valence-electron chi connectivity index (χ1n) is 8.75. The van der Waals surface area contributed by atoms with Crippen LogP contribution in [0, 0.1) is 0 Å². The summed E-state index contributed by atoms with van der Waals surface area (Å²) in [5, 5.41) is 5.90. The molecule has 3 aromatic rings. The molecule has 0 atom stereocenters. The van der Waals surface area contributed by atoms with Gasteiger partial charge < -0.3 is 20.1 Å². The summed E-state index contributed by atoms with van der Waals surface area (Å²) in [5.41, 5.74) is 1.16. The average molecular weight is 379 g/mol. The van der Waals surface area contributed by atoms with Crippen molar-refractivity contribution >= 4 is 11.7 Å². The molecule has 0 saturated heterocycles. The molecule has 0 aliphatic rings. The predicted octanol–water partition coefficient (Wildman–Crippen LogP) is 2.30. The summed E-state index contributed by atoms with van der Waals surface area (Å²) in [6.07, 6.45) is 3.08. The van der Waals surface area contributed by atoms with Gasteiger partial charge in [-0.05, 0) is 36.4 Å². The molecule has 28 heavy (non-hydrogen) atoms. The van der Waals surface area contributed by atoms with Crippen molar-refractivity contribution in [1.29, 1.82) is 0 Å². The molecule has 0 spiro atoms. The highest BCUT2D eigenvalue weighted by Gasteiger charge is 2.08. The van der Waals surface area contributed by atoms with E-state index in [-0.39, 0.29) is 11.6 Å². The lowest BCUT2D eigenvalue weighted by atomic mass is 10.3. The first kappa shape index (κ1) is 19.1.